The second kappa shape index (κ2) is 8.74. The molecule has 0 saturated carbocycles. The molecular weight excluding hydrogens is 329 g/mol. The smallest absolute Gasteiger partial charge is 0.123 e. The Morgan fingerprint density at radius 2 is 1.62 bits per heavy atom. The summed E-state index contributed by atoms with van der Waals surface area (Å²) in [6.45, 7) is 10.3. The molecule has 0 bridgehead atoms. The van der Waals surface area contributed by atoms with Crippen LogP contribution in [0.1, 0.15) is 81.5 Å². The Morgan fingerprint density at radius 3 is 2.04 bits per heavy atom. The fraction of sp³-hybridized carbons (Fsp3) is 0.500. The van der Waals surface area contributed by atoms with Crippen LogP contribution in [0.15, 0.2) is 24.3 Å². The molecule has 0 aliphatic rings. The van der Waals surface area contributed by atoms with Crippen LogP contribution in [-0.2, 0) is 11.3 Å². The van der Waals surface area contributed by atoms with Crippen molar-refractivity contribution >= 4 is 0 Å². The third-order valence-electron chi connectivity index (χ3n) is 4.76. The van der Waals surface area contributed by atoms with Gasteiger partial charge in [0.1, 0.15) is 5.82 Å². The molecule has 1 N–H and O–H groups in total. The van der Waals surface area contributed by atoms with Crippen LogP contribution in [0.25, 0.3) is 11.1 Å². The lowest BCUT2D eigenvalue weighted by Gasteiger charge is -2.27. The highest BCUT2D eigenvalue weighted by atomic mass is 19.1. The van der Waals surface area contributed by atoms with E-state index in [4.69, 9.17) is 9.72 Å². The highest BCUT2D eigenvalue weighted by Gasteiger charge is 2.27. The summed E-state index contributed by atoms with van der Waals surface area (Å²) in [5, 5.41) is 10.2. The number of hydrogen-bond donors (Lipinski definition) is 1. The number of methoxy groups -OCH3 is 1. The number of hydrogen-bond acceptors (Lipinski definition) is 3. The van der Waals surface area contributed by atoms with Gasteiger partial charge in [0.25, 0.3) is 0 Å². The molecule has 26 heavy (non-hydrogen) atoms. The Kier molecular flexibility index (Phi) is 6.90. The van der Waals surface area contributed by atoms with Crippen LogP contribution < -0.4 is 0 Å². The number of aromatic nitrogens is 1. The van der Waals surface area contributed by atoms with E-state index >= 15 is 0 Å². The lowest BCUT2D eigenvalue weighted by molar-refractivity contribution is 0.0989. The molecule has 0 radical (unpaired) electrons. The number of ether oxygens (including phenoxy) is 1. The zero-order valence-electron chi connectivity index (χ0n) is 16.6. The molecule has 142 valence electrons. The van der Waals surface area contributed by atoms with Gasteiger partial charge >= 0.3 is 0 Å². The van der Waals surface area contributed by atoms with Crippen molar-refractivity contribution in [3.05, 3.63) is 52.6 Å². The van der Waals surface area contributed by atoms with Gasteiger partial charge in [0.2, 0.25) is 0 Å². The topological polar surface area (TPSA) is 42.4 Å². The summed E-state index contributed by atoms with van der Waals surface area (Å²) in [4.78, 5) is 4.95. The van der Waals surface area contributed by atoms with Crippen molar-refractivity contribution in [2.75, 3.05) is 7.11 Å². The SMILES string of the molecule is CCC(OC)c1c(C(C)C)nc(C(C)C)c(CO)c1-c1ccc(F)cc1. The van der Waals surface area contributed by atoms with E-state index in [2.05, 4.69) is 34.6 Å². The molecule has 0 amide bonds. The molecule has 0 spiro atoms. The van der Waals surface area contributed by atoms with Crippen LogP contribution in [-0.4, -0.2) is 17.2 Å². The van der Waals surface area contributed by atoms with Crippen LogP contribution in [0.5, 0.6) is 0 Å². The average Bonchev–Trinajstić information content (AvgIpc) is 2.62. The predicted octanol–water partition coefficient (Wildman–Crippen LogP) is 5.72. The fourth-order valence-electron chi connectivity index (χ4n) is 3.51. The number of rotatable bonds is 7. The highest BCUT2D eigenvalue weighted by molar-refractivity contribution is 5.73. The molecule has 1 aromatic heterocycles. The molecule has 0 saturated heterocycles. The van der Waals surface area contributed by atoms with Gasteiger partial charge in [0.05, 0.1) is 12.7 Å². The first-order valence-electron chi connectivity index (χ1n) is 9.31. The Balaban J connectivity index is 2.96. The number of aliphatic hydroxyl groups excluding tert-OH is 1. The molecule has 1 unspecified atom stereocenters. The van der Waals surface area contributed by atoms with Gasteiger partial charge in [-0.25, -0.2) is 4.39 Å². The van der Waals surface area contributed by atoms with E-state index in [0.717, 1.165) is 40.1 Å². The van der Waals surface area contributed by atoms with Crippen molar-refractivity contribution in [2.24, 2.45) is 0 Å². The standard InChI is InChI=1S/C22H30FNO2/c1-7-18(26-6)20-19(15-8-10-16(23)11-9-15)17(12-25)21(13(2)3)24-22(20)14(4)5/h8-11,13-14,18,25H,7,12H2,1-6H3. The molecule has 1 atom stereocenters. The van der Waals surface area contributed by atoms with Crippen molar-refractivity contribution in [2.45, 2.75) is 65.6 Å². The zero-order chi connectivity index (χ0) is 19.4. The first kappa shape index (κ1) is 20.5. The van der Waals surface area contributed by atoms with Crippen molar-refractivity contribution in [3.63, 3.8) is 0 Å². The number of halogens is 1. The van der Waals surface area contributed by atoms with Gasteiger partial charge in [0.15, 0.2) is 0 Å². The van der Waals surface area contributed by atoms with Gasteiger partial charge in [-0.2, -0.15) is 0 Å². The van der Waals surface area contributed by atoms with Crippen LogP contribution >= 0.6 is 0 Å². The van der Waals surface area contributed by atoms with Crippen molar-refractivity contribution in [1.82, 2.24) is 4.98 Å². The fourth-order valence-corrected chi connectivity index (χ4v) is 3.51. The Labute approximate surface area is 156 Å². The van der Waals surface area contributed by atoms with Gasteiger partial charge < -0.3 is 9.84 Å². The summed E-state index contributed by atoms with van der Waals surface area (Å²) in [6.07, 6.45) is 0.657. The van der Waals surface area contributed by atoms with Crippen LogP contribution in [0, 0.1) is 5.82 Å². The number of pyridine rings is 1. The van der Waals surface area contributed by atoms with Gasteiger partial charge in [-0.3, -0.25) is 4.98 Å². The van der Waals surface area contributed by atoms with E-state index in [1.54, 1.807) is 19.2 Å². The van der Waals surface area contributed by atoms with Gasteiger partial charge in [-0.05, 0) is 41.5 Å². The zero-order valence-corrected chi connectivity index (χ0v) is 16.6. The van der Waals surface area contributed by atoms with Crippen LogP contribution in [0.4, 0.5) is 4.39 Å². The summed E-state index contributed by atoms with van der Waals surface area (Å²) in [5.74, 6) is 0.103. The summed E-state index contributed by atoms with van der Waals surface area (Å²) >= 11 is 0. The Bertz CT molecular complexity index is 735. The predicted molar refractivity (Wildman–Crippen MR) is 104 cm³/mol. The summed E-state index contributed by atoms with van der Waals surface area (Å²) in [5.41, 5.74) is 5.51. The molecule has 0 aliphatic carbocycles. The van der Waals surface area contributed by atoms with E-state index < -0.39 is 0 Å². The molecule has 1 heterocycles. The number of aliphatic hydroxyl groups is 1. The van der Waals surface area contributed by atoms with Gasteiger partial charge in [0, 0.05) is 29.6 Å². The average molecular weight is 359 g/mol. The minimum atomic E-state index is -0.276. The maximum Gasteiger partial charge on any atom is 0.123 e. The summed E-state index contributed by atoms with van der Waals surface area (Å²) < 4.78 is 19.3. The highest BCUT2D eigenvalue weighted by Crippen LogP contribution is 2.41. The second-order valence-electron chi connectivity index (χ2n) is 7.26. The maximum absolute atomic E-state index is 13.5. The van der Waals surface area contributed by atoms with Gasteiger partial charge in [-0.15, -0.1) is 0 Å². The summed E-state index contributed by atoms with van der Waals surface area (Å²) in [6, 6.07) is 6.45. The van der Waals surface area contributed by atoms with E-state index in [0.29, 0.717) is 0 Å². The number of nitrogens with zero attached hydrogens (tertiary/aromatic N) is 1. The van der Waals surface area contributed by atoms with Crippen LogP contribution in [0.2, 0.25) is 0 Å². The van der Waals surface area contributed by atoms with Gasteiger partial charge in [-0.1, -0.05) is 46.8 Å². The Morgan fingerprint density at radius 1 is 1.04 bits per heavy atom. The normalized spacial score (nSPS) is 12.8. The van der Waals surface area contributed by atoms with Crippen molar-refractivity contribution in [3.8, 4) is 11.1 Å². The minimum absolute atomic E-state index is 0.112. The summed E-state index contributed by atoms with van der Waals surface area (Å²) in [7, 11) is 1.70. The molecule has 1 aromatic carbocycles. The molecule has 0 aliphatic heterocycles. The van der Waals surface area contributed by atoms with E-state index in [1.807, 2.05) is 0 Å². The monoisotopic (exact) mass is 359 g/mol. The lowest BCUT2D eigenvalue weighted by atomic mass is 9.84. The molecule has 4 heteroatoms. The maximum atomic E-state index is 13.5. The Hall–Kier alpha value is -1.78. The molecular formula is C22H30FNO2. The molecule has 3 nitrogen and oxygen atoms in total. The number of benzene rings is 1. The molecule has 2 aromatic rings. The first-order valence-corrected chi connectivity index (χ1v) is 9.31. The quantitative estimate of drug-likeness (QED) is 0.687. The molecule has 2 rings (SSSR count). The van der Waals surface area contributed by atoms with Crippen molar-refractivity contribution in [1.29, 1.82) is 0 Å². The van der Waals surface area contributed by atoms with E-state index in [9.17, 15) is 9.50 Å². The third-order valence-corrected chi connectivity index (χ3v) is 4.76. The molecule has 0 fully saturated rings. The van der Waals surface area contributed by atoms with E-state index in [1.165, 1.54) is 12.1 Å². The second-order valence-corrected chi connectivity index (χ2v) is 7.26. The first-order chi connectivity index (χ1) is 12.3. The van der Waals surface area contributed by atoms with Crippen molar-refractivity contribution < 1.29 is 14.2 Å². The largest absolute Gasteiger partial charge is 0.392 e. The minimum Gasteiger partial charge on any atom is -0.392 e. The van der Waals surface area contributed by atoms with Crippen LogP contribution in [0.3, 0.4) is 0 Å². The third kappa shape index (κ3) is 3.97. The lowest BCUT2D eigenvalue weighted by Crippen LogP contribution is -2.15. The van der Waals surface area contributed by atoms with E-state index in [-0.39, 0.29) is 30.4 Å².